The molecule has 0 aromatic rings. The minimum absolute atomic E-state index is 0.689. The van der Waals surface area contributed by atoms with Crippen LogP contribution in [0.15, 0.2) is 0 Å². The Balaban J connectivity index is 2.25. The summed E-state index contributed by atoms with van der Waals surface area (Å²) in [6.07, 6.45) is 8.60. The topological polar surface area (TPSA) is 0 Å². The quantitative estimate of drug-likeness (QED) is 0.448. The molecule has 1 aliphatic carbocycles. The molecule has 1 radical (unpaired) electrons. The molecule has 1 fully saturated rings. The standard InChI is InChI=1S/C10H15/c1-2-3-7-10-8-5-4-6-9-10/h5,10H,2,4,6,8-9H2,1H3. The van der Waals surface area contributed by atoms with E-state index in [1.807, 2.05) is 0 Å². The largest absolute Gasteiger partial charge is 0.103 e. The highest BCUT2D eigenvalue weighted by atomic mass is 14.1. The average molecular weight is 135 g/mol. The van der Waals surface area contributed by atoms with Gasteiger partial charge in [0.15, 0.2) is 0 Å². The average Bonchev–Trinajstić information content (AvgIpc) is 2.03. The van der Waals surface area contributed by atoms with Crippen LogP contribution in [0.1, 0.15) is 39.0 Å². The zero-order valence-corrected chi connectivity index (χ0v) is 6.69. The van der Waals surface area contributed by atoms with Gasteiger partial charge in [0.1, 0.15) is 0 Å². The van der Waals surface area contributed by atoms with Gasteiger partial charge in [0.05, 0.1) is 0 Å². The van der Waals surface area contributed by atoms with Crippen LogP contribution in [0.25, 0.3) is 0 Å². The third-order valence-corrected chi connectivity index (χ3v) is 1.89. The Morgan fingerprint density at radius 2 is 2.50 bits per heavy atom. The van der Waals surface area contributed by atoms with E-state index in [4.69, 9.17) is 0 Å². The molecule has 1 aliphatic rings. The number of hydrogen-bond donors (Lipinski definition) is 0. The van der Waals surface area contributed by atoms with Gasteiger partial charge in [0, 0.05) is 12.3 Å². The first-order chi connectivity index (χ1) is 4.93. The summed E-state index contributed by atoms with van der Waals surface area (Å²) in [5.41, 5.74) is 0. The summed E-state index contributed by atoms with van der Waals surface area (Å²) in [6, 6.07) is 0. The van der Waals surface area contributed by atoms with Crippen LogP contribution in [0, 0.1) is 24.2 Å². The Kier molecular flexibility index (Phi) is 3.36. The van der Waals surface area contributed by atoms with Gasteiger partial charge in [0.2, 0.25) is 0 Å². The predicted molar refractivity (Wildman–Crippen MR) is 44.3 cm³/mol. The third kappa shape index (κ3) is 2.43. The number of hydrogen-bond acceptors (Lipinski definition) is 0. The molecule has 0 aliphatic heterocycles. The van der Waals surface area contributed by atoms with E-state index >= 15 is 0 Å². The Bertz CT molecular complexity index is 130. The van der Waals surface area contributed by atoms with E-state index in [9.17, 15) is 0 Å². The van der Waals surface area contributed by atoms with E-state index in [-0.39, 0.29) is 0 Å². The summed E-state index contributed by atoms with van der Waals surface area (Å²) in [4.78, 5) is 0. The highest BCUT2D eigenvalue weighted by Crippen LogP contribution is 2.21. The molecule has 0 nitrogen and oxygen atoms in total. The van der Waals surface area contributed by atoms with Crippen molar-refractivity contribution in [3.8, 4) is 11.8 Å². The van der Waals surface area contributed by atoms with E-state index in [2.05, 4.69) is 25.2 Å². The van der Waals surface area contributed by atoms with E-state index in [1.54, 1.807) is 0 Å². The van der Waals surface area contributed by atoms with Crippen LogP contribution in [0.3, 0.4) is 0 Å². The lowest BCUT2D eigenvalue weighted by molar-refractivity contribution is 0.503. The first-order valence-electron chi connectivity index (χ1n) is 4.23. The fourth-order valence-corrected chi connectivity index (χ4v) is 1.32. The second-order valence-corrected chi connectivity index (χ2v) is 2.83. The molecule has 1 atom stereocenters. The maximum atomic E-state index is 3.29. The molecule has 0 aromatic carbocycles. The van der Waals surface area contributed by atoms with Gasteiger partial charge in [-0.1, -0.05) is 25.7 Å². The molecule has 0 spiro atoms. The van der Waals surface area contributed by atoms with Crippen molar-refractivity contribution in [1.29, 1.82) is 0 Å². The monoisotopic (exact) mass is 135 g/mol. The molecule has 10 heavy (non-hydrogen) atoms. The van der Waals surface area contributed by atoms with Crippen LogP contribution >= 0.6 is 0 Å². The summed E-state index contributed by atoms with van der Waals surface area (Å²) in [6.45, 7) is 2.11. The zero-order chi connectivity index (χ0) is 7.23. The second-order valence-electron chi connectivity index (χ2n) is 2.83. The van der Waals surface area contributed by atoms with E-state index in [0.717, 1.165) is 6.42 Å². The van der Waals surface area contributed by atoms with E-state index < -0.39 is 0 Å². The fraction of sp³-hybridized carbons (Fsp3) is 0.700. The molecule has 1 unspecified atom stereocenters. The van der Waals surface area contributed by atoms with Crippen molar-refractivity contribution in [3.05, 3.63) is 6.42 Å². The summed E-state index contributed by atoms with van der Waals surface area (Å²) in [5.74, 6) is 7.13. The summed E-state index contributed by atoms with van der Waals surface area (Å²) in [5, 5.41) is 0. The lowest BCUT2D eigenvalue weighted by atomic mass is 9.90. The molecule has 0 bridgehead atoms. The molecule has 0 N–H and O–H groups in total. The minimum atomic E-state index is 0.689. The van der Waals surface area contributed by atoms with Crippen LogP contribution in [-0.2, 0) is 0 Å². The first kappa shape index (κ1) is 7.66. The molecular formula is C10H15. The molecule has 0 amide bonds. The van der Waals surface area contributed by atoms with E-state index in [0.29, 0.717) is 5.92 Å². The molecular weight excluding hydrogens is 120 g/mol. The maximum Gasteiger partial charge on any atom is 0.0205 e. The molecule has 1 saturated carbocycles. The smallest absolute Gasteiger partial charge is 0.0205 e. The number of rotatable bonds is 0. The first-order valence-corrected chi connectivity index (χ1v) is 4.23. The van der Waals surface area contributed by atoms with Crippen LogP contribution in [0.5, 0.6) is 0 Å². The van der Waals surface area contributed by atoms with Crippen molar-refractivity contribution < 1.29 is 0 Å². The molecule has 0 saturated heterocycles. The Morgan fingerprint density at radius 1 is 1.60 bits per heavy atom. The second kappa shape index (κ2) is 4.39. The molecule has 55 valence electrons. The SMILES string of the molecule is CCC#CC1C[CH]CCC1. The fourth-order valence-electron chi connectivity index (χ4n) is 1.32. The van der Waals surface area contributed by atoms with Gasteiger partial charge in [-0.05, 0) is 19.3 Å². The van der Waals surface area contributed by atoms with Crippen molar-refractivity contribution >= 4 is 0 Å². The minimum Gasteiger partial charge on any atom is -0.103 e. The lowest BCUT2D eigenvalue weighted by Crippen LogP contribution is -2.03. The molecule has 0 aromatic heterocycles. The van der Waals surface area contributed by atoms with Crippen molar-refractivity contribution in [3.63, 3.8) is 0 Å². The predicted octanol–water partition coefficient (Wildman–Crippen LogP) is 2.79. The van der Waals surface area contributed by atoms with E-state index in [1.165, 1.54) is 25.7 Å². The van der Waals surface area contributed by atoms with Crippen LogP contribution in [0.2, 0.25) is 0 Å². The Morgan fingerprint density at radius 3 is 3.10 bits per heavy atom. The lowest BCUT2D eigenvalue weighted by Gasteiger charge is -2.15. The Labute approximate surface area is 64.0 Å². The van der Waals surface area contributed by atoms with Gasteiger partial charge in [-0.3, -0.25) is 0 Å². The highest BCUT2D eigenvalue weighted by molar-refractivity contribution is 5.05. The van der Waals surface area contributed by atoms with Crippen molar-refractivity contribution in [2.45, 2.75) is 39.0 Å². The molecule has 0 heterocycles. The molecule has 1 rings (SSSR count). The van der Waals surface area contributed by atoms with Crippen LogP contribution < -0.4 is 0 Å². The maximum absolute atomic E-state index is 3.29. The third-order valence-electron chi connectivity index (χ3n) is 1.89. The highest BCUT2D eigenvalue weighted by Gasteiger charge is 2.09. The van der Waals surface area contributed by atoms with Gasteiger partial charge < -0.3 is 0 Å². The van der Waals surface area contributed by atoms with Gasteiger partial charge >= 0.3 is 0 Å². The van der Waals surface area contributed by atoms with Crippen molar-refractivity contribution in [2.24, 2.45) is 5.92 Å². The normalized spacial score (nSPS) is 19.7. The van der Waals surface area contributed by atoms with Crippen LogP contribution in [-0.4, -0.2) is 0 Å². The van der Waals surface area contributed by atoms with Gasteiger partial charge in [0.25, 0.3) is 0 Å². The van der Waals surface area contributed by atoms with Crippen molar-refractivity contribution in [2.75, 3.05) is 0 Å². The van der Waals surface area contributed by atoms with Gasteiger partial charge in [-0.2, -0.15) is 0 Å². The summed E-state index contributed by atoms with van der Waals surface area (Å²) >= 11 is 0. The van der Waals surface area contributed by atoms with Gasteiger partial charge in [-0.15, -0.1) is 5.92 Å². The van der Waals surface area contributed by atoms with Crippen LogP contribution in [0.4, 0.5) is 0 Å². The van der Waals surface area contributed by atoms with Crippen molar-refractivity contribution in [1.82, 2.24) is 0 Å². The van der Waals surface area contributed by atoms with Gasteiger partial charge in [-0.25, -0.2) is 0 Å². The molecule has 0 heteroatoms. The summed E-state index contributed by atoms with van der Waals surface area (Å²) < 4.78 is 0. The summed E-state index contributed by atoms with van der Waals surface area (Å²) in [7, 11) is 0. The Hall–Kier alpha value is -0.440. The zero-order valence-electron chi connectivity index (χ0n) is 6.69.